The maximum Gasteiger partial charge on any atom is 0.254 e. The zero-order valence-corrected chi connectivity index (χ0v) is 16.4. The highest BCUT2D eigenvalue weighted by atomic mass is 16.3. The smallest absolute Gasteiger partial charge is 0.254 e. The molecule has 0 bridgehead atoms. The number of nitrogens with zero attached hydrogens (tertiary/aromatic N) is 2. The van der Waals surface area contributed by atoms with Crippen molar-refractivity contribution in [2.75, 3.05) is 26.2 Å². The molecule has 0 aromatic heterocycles. The lowest BCUT2D eigenvalue weighted by Crippen LogP contribution is -2.49. The highest BCUT2D eigenvalue weighted by Gasteiger charge is 2.29. The second-order valence-corrected chi connectivity index (χ2v) is 8.67. The van der Waals surface area contributed by atoms with Gasteiger partial charge in [-0.2, -0.15) is 0 Å². The molecule has 0 aliphatic carbocycles. The van der Waals surface area contributed by atoms with Crippen LogP contribution in [0.25, 0.3) is 0 Å². The summed E-state index contributed by atoms with van der Waals surface area (Å²) in [6.07, 6.45) is 7.55. The summed E-state index contributed by atoms with van der Waals surface area (Å²) in [5.41, 5.74) is 1.26. The number of amides is 1. The molecule has 1 N–H and O–H groups in total. The molecule has 144 valence electrons. The fraction of sp³-hybridized carbons (Fsp3) is 0.682. The van der Waals surface area contributed by atoms with Crippen molar-refractivity contribution in [1.29, 1.82) is 0 Å². The van der Waals surface area contributed by atoms with Gasteiger partial charge in [-0.05, 0) is 89.6 Å². The Hall–Kier alpha value is -1.39. The summed E-state index contributed by atoms with van der Waals surface area (Å²) in [4.78, 5) is 17.8. The Kier molecular flexibility index (Phi) is 6.36. The first-order chi connectivity index (χ1) is 12.4. The number of carbonyl (C=O) groups is 1. The normalized spacial score (nSPS) is 22.0. The van der Waals surface area contributed by atoms with Crippen molar-refractivity contribution in [2.45, 2.75) is 70.4 Å². The molecule has 1 amide bonds. The van der Waals surface area contributed by atoms with Gasteiger partial charge in [0, 0.05) is 24.7 Å². The molecular weight excluding hydrogens is 324 g/mol. The van der Waals surface area contributed by atoms with Gasteiger partial charge in [-0.25, -0.2) is 0 Å². The molecule has 0 radical (unpaired) electrons. The fourth-order valence-corrected chi connectivity index (χ4v) is 4.20. The number of rotatable bonds is 6. The van der Waals surface area contributed by atoms with Gasteiger partial charge in [0.05, 0.1) is 5.60 Å². The zero-order chi connectivity index (χ0) is 18.6. The van der Waals surface area contributed by atoms with Crippen LogP contribution in [0, 0.1) is 0 Å². The van der Waals surface area contributed by atoms with E-state index in [4.69, 9.17) is 0 Å². The third-order valence-corrected chi connectivity index (χ3v) is 5.76. The number of hydrogen-bond donors (Lipinski definition) is 1. The van der Waals surface area contributed by atoms with E-state index in [1.165, 1.54) is 32.4 Å². The van der Waals surface area contributed by atoms with Crippen molar-refractivity contribution in [1.82, 2.24) is 9.80 Å². The first-order valence-electron chi connectivity index (χ1n) is 10.3. The van der Waals surface area contributed by atoms with Gasteiger partial charge in [-0.3, -0.25) is 4.79 Å². The van der Waals surface area contributed by atoms with Gasteiger partial charge < -0.3 is 14.9 Å². The molecule has 0 saturated carbocycles. The Balaban J connectivity index is 1.67. The number of benzene rings is 1. The standard InChI is InChI=1S/C22H34N2O2/c1-22(2,26)12-11-18-8-7-9-19(16-18)21(25)24-15-4-3-10-20(24)17-23-13-5-6-14-23/h7-9,16,20,26H,3-6,10-15,17H2,1-2H3. The van der Waals surface area contributed by atoms with Crippen LogP contribution in [0.1, 0.15) is 68.3 Å². The molecule has 2 aliphatic heterocycles. The lowest BCUT2D eigenvalue weighted by atomic mass is 9.96. The van der Waals surface area contributed by atoms with E-state index in [1.54, 1.807) is 0 Å². The van der Waals surface area contributed by atoms with Crippen LogP contribution in [0.2, 0.25) is 0 Å². The molecule has 26 heavy (non-hydrogen) atoms. The highest BCUT2D eigenvalue weighted by Crippen LogP contribution is 2.23. The van der Waals surface area contributed by atoms with Gasteiger partial charge >= 0.3 is 0 Å². The van der Waals surface area contributed by atoms with E-state index in [1.807, 2.05) is 32.0 Å². The van der Waals surface area contributed by atoms with Crippen molar-refractivity contribution in [2.24, 2.45) is 0 Å². The SMILES string of the molecule is CC(C)(O)CCc1cccc(C(=O)N2CCCCC2CN2CCCC2)c1. The zero-order valence-electron chi connectivity index (χ0n) is 16.4. The van der Waals surface area contributed by atoms with E-state index in [9.17, 15) is 9.90 Å². The Bertz CT molecular complexity index is 602. The minimum atomic E-state index is -0.673. The largest absolute Gasteiger partial charge is 0.390 e. The van der Waals surface area contributed by atoms with E-state index in [0.717, 1.165) is 43.5 Å². The molecule has 3 rings (SSSR count). The van der Waals surface area contributed by atoms with E-state index >= 15 is 0 Å². The second kappa shape index (κ2) is 8.53. The topological polar surface area (TPSA) is 43.8 Å². The van der Waals surface area contributed by atoms with Crippen LogP contribution in [-0.4, -0.2) is 58.6 Å². The predicted molar refractivity (Wildman–Crippen MR) is 105 cm³/mol. The molecular formula is C22H34N2O2. The first kappa shape index (κ1) is 19.4. The van der Waals surface area contributed by atoms with Gasteiger partial charge in [0.25, 0.3) is 5.91 Å². The molecule has 1 aromatic rings. The van der Waals surface area contributed by atoms with Gasteiger partial charge in [0.2, 0.25) is 0 Å². The van der Waals surface area contributed by atoms with Crippen molar-refractivity contribution >= 4 is 5.91 Å². The minimum Gasteiger partial charge on any atom is -0.390 e. The molecule has 2 saturated heterocycles. The van der Waals surface area contributed by atoms with Crippen LogP contribution >= 0.6 is 0 Å². The van der Waals surface area contributed by atoms with Crippen LogP contribution in [0.15, 0.2) is 24.3 Å². The Morgan fingerprint density at radius 1 is 1.15 bits per heavy atom. The number of aliphatic hydroxyl groups is 1. The molecule has 2 fully saturated rings. The summed E-state index contributed by atoms with van der Waals surface area (Å²) in [6.45, 7) is 7.95. The van der Waals surface area contributed by atoms with Crippen molar-refractivity contribution in [3.8, 4) is 0 Å². The molecule has 1 aromatic carbocycles. The van der Waals surface area contributed by atoms with Crippen molar-refractivity contribution in [3.63, 3.8) is 0 Å². The second-order valence-electron chi connectivity index (χ2n) is 8.67. The summed E-state index contributed by atoms with van der Waals surface area (Å²) in [5, 5.41) is 9.95. The average molecular weight is 359 g/mol. The van der Waals surface area contributed by atoms with Crippen LogP contribution in [-0.2, 0) is 6.42 Å². The lowest BCUT2D eigenvalue weighted by molar-refractivity contribution is 0.0560. The van der Waals surface area contributed by atoms with Crippen LogP contribution in [0.3, 0.4) is 0 Å². The molecule has 2 heterocycles. The van der Waals surface area contributed by atoms with E-state index in [2.05, 4.69) is 15.9 Å². The number of piperidine rings is 1. The molecule has 4 heteroatoms. The number of hydrogen-bond acceptors (Lipinski definition) is 3. The van der Waals surface area contributed by atoms with E-state index in [0.29, 0.717) is 12.5 Å². The monoisotopic (exact) mass is 358 g/mol. The lowest BCUT2D eigenvalue weighted by Gasteiger charge is -2.38. The van der Waals surface area contributed by atoms with Crippen LogP contribution in [0.4, 0.5) is 0 Å². The van der Waals surface area contributed by atoms with E-state index < -0.39 is 5.60 Å². The quantitative estimate of drug-likeness (QED) is 0.847. The average Bonchev–Trinajstić information content (AvgIpc) is 3.13. The van der Waals surface area contributed by atoms with Crippen molar-refractivity contribution < 1.29 is 9.90 Å². The summed E-state index contributed by atoms with van der Waals surface area (Å²) in [5.74, 6) is 0.180. The molecule has 1 atom stereocenters. The summed E-state index contributed by atoms with van der Waals surface area (Å²) < 4.78 is 0. The Labute approximate surface area is 158 Å². The maximum absolute atomic E-state index is 13.2. The number of carbonyl (C=O) groups excluding carboxylic acids is 1. The van der Waals surface area contributed by atoms with Gasteiger partial charge in [-0.1, -0.05) is 12.1 Å². The molecule has 1 unspecified atom stereocenters. The predicted octanol–water partition coefficient (Wildman–Crippen LogP) is 3.48. The fourth-order valence-electron chi connectivity index (χ4n) is 4.20. The third-order valence-electron chi connectivity index (χ3n) is 5.76. The highest BCUT2D eigenvalue weighted by molar-refractivity contribution is 5.94. The van der Waals surface area contributed by atoms with Gasteiger partial charge in [0.1, 0.15) is 0 Å². The first-order valence-corrected chi connectivity index (χ1v) is 10.3. The summed E-state index contributed by atoms with van der Waals surface area (Å²) >= 11 is 0. The third kappa shape index (κ3) is 5.31. The molecule has 2 aliphatic rings. The Morgan fingerprint density at radius 3 is 2.62 bits per heavy atom. The molecule has 4 nitrogen and oxygen atoms in total. The maximum atomic E-state index is 13.2. The van der Waals surface area contributed by atoms with Gasteiger partial charge in [-0.15, -0.1) is 0 Å². The van der Waals surface area contributed by atoms with E-state index in [-0.39, 0.29) is 5.91 Å². The molecule has 0 spiro atoms. The number of aryl methyl sites for hydroxylation is 1. The van der Waals surface area contributed by atoms with Crippen LogP contribution < -0.4 is 0 Å². The van der Waals surface area contributed by atoms with Crippen LogP contribution in [0.5, 0.6) is 0 Å². The summed E-state index contributed by atoms with van der Waals surface area (Å²) in [7, 11) is 0. The Morgan fingerprint density at radius 2 is 1.88 bits per heavy atom. The summed E-state index contributed by atoms with van der Waals surface area (Å²) in [6, 6.07) is 8.36. The van der Waals surface area contributed by atoms with Crippen molar-refractivity contribution in [3.05, 3.63) is 35.4 Å². The minimum absolute atomic E-state index is 0.180. The van der Waals surface area contributed by atoms with Gasteiger partial charge in [0.15, 0.2) is 0 Å². The number of likely N-dealkylation sites (tertiary alicyclic amines) is 2.